The third kappa shape index (κ3) is 4.48. The van der Waals surface area contributed by atoms with Crippen molar-refractivity contribution in [3.63, 3.8) is 0 Å². The molecule has 1 aromatic carbocycles. The molecule has 2 aromatic rings. The molecule has 0 saturated heterocycles. The minimum Gasteiger partial charge on any atom is -0.549 e. The molecule has 6 nitrogen and oxygen atoms in total. The summed E-state index contributed by atoms with van der Waals surface area (Å²) in [7, 11) is 0. The Balaban J connectivity index is 1.91. The van der Waals surface area contributed by atoms with E-state index in [9.17, 15) is 9.90 Å². The average Bonchev–Trinajstić information content (AvgIpc) is 3.03. The number of carboxylic acid groups (broad SMARTS) is 1. The second kappa shape index (κ2) is 8.29. The lowest BCUT2D eigenvalue weighted by atomic mass is 9.89. The molecule has 0 aliphatic heterocycles. The number of aliphatic carboxylic acids is 1. The Kier molecular flexibility index (Phi) is 5.86. The molecule has 1 saturated carbocycles. The van der Waals surface area contributed by atoms with Crippen LogP contribution >= 0.6 is 11.8 Å². The van der Waals surface area contributed by atoms with Crippen LogP contribution in [0.1, 0.15) is 55.0 Å². The fraction of sp³-hybridized carbons (Fsp3) is 0.444. The molecule has 0 amide bonds. The Morgan fingerprint density at radius 2 is 2.08 bits per heavy atom. The first-order chi connectivity index (χ1) is 12.1. The maximum Gasteiger partial charge on any atom is 0.212 e. The van der Waals surface area contributed by atoms with E-state index in [2.05, 4.69) is 15.3 Å². The molecule has 0 atom stereocenters. The second-order valence-electron chi connectivity index (χ2n) is 6.25. The van der Waals surface area contributed by atoms with Gasteiger partial charge in [0.15, 0.2) is 5.82 Å². The number of nitrogens with zero attached hydrogens (tertiary/aromatic N) is 4. The van der Waals surface area contributed by atoms with Crippen molar-refractivity contribution in [2.45, 2.75) is 50.1 Å². The summed E-state index contributed by atoms with van der Waals surface area (Å²) in [6.07, 6.45) is 7.55. The van der Waals surface area contributed by atoms with Crippen molar-refractivity contribution in [3.8, 4) is 0 Å². The number of thioether (sulfide) groups is 1. The molecule has 25 heavy (non-hydrogen) atoms. The van der Waals surface area contributed by atoms with E-state index < -0.39 is 5.97 Å². The molecule has 1 heterocycles. The van der Waals surface area contributed by atoms with Crippen LogP contribution in [-0.2, 0) is 4.79 Å². The smallest absolute Gasteiger partial charge is 0.212 e. The van der Waals surface area contributed by atoms with Crippen LogP contribution < -0.4 is 5.11 Å². The van der Waals surface area contributed by atoms with Gasteiger partial charge < -0.3 is 9.90 Å². The molecule has 0 radical (unpaired) electrons. The Labute approximate surface area is 151 Å². The van der Waals surface area contributed by atoms with Crippen LogP contribution in [0.25, 0.3) is 0 Å². The standard InChI is InChI=1S/C18H22N4O2S/c1-13-7-5-6-10-15(13)11-19-22-17(14-8-3-2-4-9-14)20-21-18(22)25-12-16(23)24/h5-7,10-11,14H,2-4,8-9,12H2,1H3,(H,23,24)/p-1/b19-11-. The van der Waals surface area contributed by atoms with Crippen LogP contribution in [-0.4, -0.2) is 32.8 Å². The Morgan fingerprint density at radius 1 is 1.32 bits per heavy atom. The number of benzene rings is 1. The highest BCUT2D eigenvalue weighted by Gasteiger charge is 2.23. The summed E-state index contributed by atoms with van der Waals surface area (Å²) >= 11 is 1.09. The van der Waals surface area contributed by atoms with E-state index in [1.54, 1.807) is 10.9 Å². The molecule has 1 aromatic heterocycles. The number of hydrogen-bond acceptors (Lipinski definition) is 6. The zero-order valence-electron chi connectivity index (χ0n) is 14.2. The van der Waals surface area contributed by atoms with E-state index in [1.165, 1.54) is 19.3 Å². The van der Waals surface area contributed by atoms with Crippen LogP contribution in [0.3, 0.4) is 0 Å². The molecule has 0 N–H and O–H groups in total. The topological polar surface area (TPSA) is 83.2 Å². The first-order valence-electron chi connectivity index (χ1n) is 8.53. The van der Waals surface area contributed by atoms with Crippen LogP contribution in [0.15, 0.2) is 34.5 Å². The van der Waals surface area contributed by atoms with Crippen LogP contribution in [0.2, 0.25) is 0 Å². The molecule has 7 heteroatoms. The van der Waals surface area contributed by atoms with Gasteiger partial charge in [0.05, 0.1) is 12.2 Å². The van der Waals surface area contributed by atoms with Gasteiger partial charge in [0, 0.05) is 11.7 Å². The van der Waals surface area contributed by atoms with Gasteiger partial charge in [0.2, 0.25) is 5.16 Å². The average molecular weight is 357 g/mol. The van der Waals surface area contributed by atoms with Gasteiger partial charge in [-0.3, -0.25) is 0 Å². The van der Waals surface area contributed by atoms with E-state index in [0.717, 1.165) is 41.6 Å². The molecule has 1 fully saturated rings. The summed E-state index contributed by atoms with van der Waals surface area (Å²) in [6, 6.07) is 7.98. The van der Waals surface area contributed by atoms with Crippen molar-refractivity contribution < 1.29 is 9.90 Å². The Morgan fingerprint density at radius 3 is 2.80 bits per heavy atom. The fourth-order valence-corrected chi connectivity index (χ4v) is 3.67. The SMILES string of the molecule is Cc1ccccc1/C=N\n1c(SCC(=O)[O-])nnc1C1CCCCC1. The third-order valence-corrected chi connectivity index (χ3v) is 5.32. The van der Waals surface area contributed by atoms with Gasteiger partial charge in [0.25, 0.3) is 0 Å². The highest BCUT2D eigenvalue weighted by molar-refractivity contribution is 7.99. The van der Waals surface area contributed by atoms with Crippen molar-refractivity contribution in [1.29, 1.82) is 0 Å². The van der Waals surface area contributed by atoms with Crippen molar-refractivity contribution in [3.05, 3.63) is 41.2 Å². The van der Waals surface area contributed by atoms with E-state index in [-0.39, 0.29) is 5.75 Å². The maximum absolute atomic E-state index is 10.8. The summed E-state index contributed by atoms with van der Waals surface area (Å²) in [6.45, 7) is 2.03. The molecule has 132 valence electrons. The lowest BCUT2D eigenvalue weighted by molar-refractivity contribution is -0.301. The first kappa shape index (κ1) is 17.7. The number of aryl methyl sites for hydroxylation is 1. The summed E-state index contributed by atoms with van der Waals surface area (Å²) in [4.78, 5) is 10.8. The predicted octanol–water partition coefficient (Wildman–Crippen LogP) is 2.36. The monoisotopic (exact) mass is 357 g/mol. The van der Waals surface area contributed by atoms with Gasteiger partial charge >= 0.3 is 0 Å². The summed E-state index contributed by atoms with van der Waals surface area (Å²) < 4.78 is 1.70. The molecule has 0 unspecified atom stereocenters. The van der Waals surface area contributed by atoms with Crippen molar-refractivity contribution in [2.75, 3.05) is 5.75 Å². The number of hydrogen-bond donors (Lipinski definition) is 0. The zero-order chi connectivity index (χ0) is 17.6. The summed E-state index contributed by atoms with van der Waals surface area (Å²) in [5, 5.41) is 24.4. The van der Waals surface area contributed by atoms with Crippen molar-refractivity contribution in [1.82, 2.24) is 14.9 Å². The lowest BCUT2D eigenvalue weighted by Gasteiger charge is -2.20. The van der Waals surface area contributed by atoms with Gasteiger partial charge in [-0.15, -0.1) is 10.2 Å². The number of aromatic nitrogens is 3. The Bertz CT molecular complexity index is 766. The third-order valence-electron chi connectivity index (χ3n) is 4.43. The molecule has 0 spiro atoms. The number of carbonyl (C=O) groups is 1. The highest BCUT2D eigenvalue weighted by Crippen LogP contribution is 2.33. The van der Waals surface area contributed by atoms with Crippen molar-refractivity contribution >= 4 is 23.9 Å². The van der Waals surface area contributed by atoms with Gasteiger partial charge in [0.1, 0.15) is 0 Å². The highest BCUT2D eigenvalue weighted by atomic mass is 32.2. The zero-order valence-corrected chi connectivity index (χ0v) is 15.0. The predicted molar refractivity (Wildman–Crippen MR) is 95.8 cm³/mol. The molecular formula is C18H21N4O2S-. The maximum atomic E-state index is 10.8. The van der Waals surface area contributed by atoms with Crippen LogP contribution in [0.4, 0.5) is 0 Å². The normalized spacial score (nSPS) is 15.7. The largest absolute Gasteiger partial charge is 0.549 e. The summed E-state index contributed by atoms with van der Waals surface area (Å²) in [5.41, 5.74) is 2.14. The van der Waals surface area contributed by atoms with E-state index in [1.807, 2.05) is 31.2 Å². The molecule has 1 aliphatic rings. The number of carbonyl (C=O) groups excluding carboxylic acids is 1. The second-order valence-corrected chi connectivity index (χ2v) is 7.19. The molecule has 0 bridgehead atoms. The van der Waals surface area contributed by atoms with E-state index in [0.29, 0.717) is 11.1 Å². The minimum atomic E-state index is -1.12. The summed E-state index contributed by atoms with van der Waals surface area (Å²) in [5.74, 6) is -0.137. The van der Waals surface area contributed by atoms with Gasteiger partial charge in [-0.2, -0.15) is 9.78 Å². The van der Waals surface area contributed by atoms with Gasteiger partial charge in [-0.25, -0.2) is 0 Å². The van der Waals surface area contributed by atoms with Crippen molar-refractivity contribution in [2.24, 2.45) is 5.10 Å². The lowest BCUT2D eigenvalue weighted by Crippen LogP contribution is -2.24. The minimum absolute atomic E-state index is 0.164. The van der Waals surface area contributed by atoms with E-state index in [4.69, 9.17) is 0 Å². The molecule has 3 rings (SSSR count). The van der Waals surface area contributed by atoms with Crippen LogP contribution in [0.5, 0.6) is 0 Å². The quantitative estimate of drug-likeness (QED) is 0.585. The first-order valence-corrected chi connectivity index (χ1v) is 9.51. The number of rotatable bonds is 6. The molecular weight excluding hydrogens is 336 g/mol. The van der Waals surface area contributed by atoms with Crippen LogP contribution in [0, 0.1) is 6.92 Å². The van der Waals surface area contributed by atoms with Gasteiger partial charge in [-0.1, -0.05) is 55.3 Å². The Hall–Kier alpha value is -2.15. The van der Waals surface area contributed by atoms with Gasteiger partial charge in [-0.05, 0) is 30.9 Å². The fourth-order valence-electron chi connectivity index (χ4n) is 3.07. The number of carboxylic acids is 1. The van der Waals surface area contributed by atoms with E-state index >= 15 is 0 Å². The molecule has 1 aliphatic carbocycles.